The van der Waals surface area contributed by atoms with Crippen molar-refractivity contribution >= 4 is 23.5 Å². The van der Waals surface area contributed by atoms with Gasteiger partial charge in [0.25, 0.3) is 5.91 Å². The smallest absolute Gasteiger partial charge is 0.311 e. The van der Waals surface area contributed by atoms with Gasteiger partial charge in [-0.1, -0.05) is 18.5 Å². The molecule has 0 aliphatic carbocycles. The lowest BCUT2D eigenvalue weighted by Crippen LogP contribution is -2.49. The topological polar surface area (TPSA) is 57.6 Å². The van der Waals surface area contributed by atoms with Crippen molar-refractivity contribution in [3.05, 3.63) is 34.6 Å². The molecule has 6 heteroatoms. The van der Waals surface area contributed by atoms with Gasteiger partial charge in [-0.05, 0) is 37.5 Å². The first-order chi connectivity index (χ1) is 9.89. The van der Waals surface area contributed by atoms with Crippen molar-refractivity contribution in [3.8, 4) is 0 Å². The van der Waals surface area contributed by atoms with Gasteiger partial charge in [0.15, 0.2) is 0 Å². The summed E-state index contributed by atoms with van der Waals surface area (Å²) >= 11 is 5.60. The zero-order valence-electron chi connectivity index (χ0n) is 11.7. The fourth-order valence-electron chi connectivity index (χ4n) is 2.73. The fraction of sp³-hybridized carbons (Fsp3) is 0.467. The van der Waals surface area contributed by atoms with Crippen molar-refractivity contribution in [2.24, 2.45) is 5.41 Å². The van der Waals surface area contributed by atoms with Gasteiger partial charge in [0, 0.05) is 18.7 Å². The summed E-state index contributed by atoms with van der Waals surface area (Å²) in [6.07, 6.45) is 1.64. The molecule has 1 unspecified atom stereocenters. The molecule has 0 bridgehead atoms. The van der Waals surface area contributed by atoms with E-state index >= 15 is 0 Å². The van der Waals surface area contributed by atoms with Crippen LogP contribution >= 0.6 is 11.6 Å². The van der Waals surface area contributed by atoms with Gasteiger partial charge >= 0.3 is 5.97 Å². The van der Waals surface area contributed by atoms with Crippen molar-refractivity contribution < 1.29 is 19.1 Å². The molecule has 1 atom stereocenters. The highest BCUT2D eigenvalue weighted by atomic mass is 35.5. The molecule has 1 amide bonds. The summed E-state index contributed by atoms with van der Waals surface area (Å²) in [6.45, 7) is 2.45. The first-order valence-corrected chi connectivity index (χ1v) is 7.25. The van der Waals surface area contributed by atoms with E-state index in [-0.39, 0.29) is 23.0 Å². The lowest BCUT2D eigenvalue weighted by atomic mass is 9.77. The maximum atomic E-state index is 13.5. The minimum Gasteiger partial charge on any atom is -0.481 e. The van der Waals surface area contributed by atoms with Gasteiger partial charge < -0.3 is 10.0 Å². The molecule has 114 valence electrons. The van der Waals surface area contributed by atoms with Crippen LogP contribution in [0.3, 0.4) is 0 Å². The Morgan fingerprint density at radius 1 is 1.48 bits per heavy atom. The van der Waals surface area contributed by atoms with E-state index in [0.717, 1.165) is 6.07 Å². The molecule has 1 N–H and O–H groups in total. The van der Waals surface area contributed by atoms with Crippen LogP contribution in [-0.2, 0) is 4.79 Å². The standard InChI is InChI=1S/C15H17ClFNO3/c1-2-15(14(20)21)6-3-7-18(9-15)13(19)10-4-5-11(16)12(17)8-10/h4-5,8H,2-3,6-7,9H2,1H3,(H,20,21). The van der Waals surface area contributed by atoms with Crippen LogP contribution in [-0.4, -0.2) is 35.0 Å². The van der Waals surface area contributed by atoms with E-state index in [1.807, 2.05) is 6.92 Å². The van der Waals surface area contributed by atoms with Crippen LogP contribution in [0, 0.1) is 11.2 Å². The fourth-order valence-corrected chi connectivity index (χ4v) is 2.85. The second kappa shape index (κ2) is 6.02. The number of benzene rings is 1. The first kappa shape index (κ1) is 15.8. The summed E-state index contributed by atoms with van der Waals surface area (Å²) in [7, 11) is 0. The van der Waals surface area contributed by atoms with Gasteiger partial charge in [-0.15, -0.1) is 0 Å². The van der Waals surface area contributed by atoms with E-state index < -0.39 is 17.2 Å². The molecule has 0 saturated carbocycles. The number of piperidine rings is 1. The van der Waals surface area contributed by atoms with Crippen LogP contribution in [0.15, 0.2) is 18.2 Å². The van der Waals surface area contributed by atoms with Gasteiger partial charge in [0.1, 0.15) is 5.82 Å². The number of carbonyl (C=O) groups is 2. The van der Waals surface area contributed by atoms with Crippen LogP contribution < -0.4 is 0 Å². The summed E-state index contributed by atoms with van der Waals surface area (Å²) in [5, 5.41) is 9.38. The minimum absolute atomic E-state index is 0.0429. The molecule has 4 nitrogen and oxygen atoms in total. The highest BCUT2D eigenvalue weighted by Crippen LogP contribution is 2.34. The maximum Gasteiger partial charge on any atom is 0.311 e. The minimum atomic E-state index is -0.904. The number of nitrogens with zero attached hydrogens (tertiary/aromatic N) is 1. The Balaban J connectivity index is 2.22. The van der Waals surface area contributed by atoms with E-state index in [4.69, 9.17) is 11.6 Å². The van der Waals surface area contributed by atoms with E-state index in [9.17, 15) is 19.1 Å². The van der Waals surface area contributed by atoms with Gasteiger partial charge in [-0.25, -0.2) is 4.39 Å². The lowest BCUT2D eigenvalue weighted by Gasteiger charge is -2.39. The Morgan fingerprint density at radius 3 is 2.76 bits per heavy atom. The Morgan fingerprint density at radius 2 is 2.19 bits per heavy atom. The Bertz CT molecular complexity index is 578. The number of amides is 1. The summed E-state index contributed by atoms with van der Waals surface area (Å²) in [5.41, 5.74) is -0.715. The highest BCUT2D eigenvalue weighted by Gasteiger charge is 2.42. The van der Waals surface area contributed by atoms with Crippen molar-refractivity contribution in [2.45, 2.75) is 26.2 Å². The molecule has 1 fully saturated rings. The molecule has 1 heterocycles. The molecule has 0 radical (unpaired) electrons. The number of hydrogen-bond acceptors (Lipinski definition) is 2. The van der Waals surface area contributed by atoms with Crippen LogP contribution in [0.2, 0.25) is 5.02 Å². The van der Waals surface area contributed by atoms with E-state index in [1.54, 1.807) is 0 Å². The second-order valence-electron chi connectivity index (χ2n) is 5.40. The third-order valence-corrected chi connectivity index (χ3v) is 4.47. The molecular weight excluding hydrogens is 297 g/mol. The second-order valence-corrected chi connectivity index (χ2v) is 5.81. The number of aliphatic carboxylic acids is 1. The molecule has 0 aromatic heterocycles. The number of carboxylic acid groups (broad SMARTS) is 1. The highest BCUT2D eigenvalue weighted by molar-refractivity contribution is 6.30. The molecule has 1 aliphatic rings. The van der Waals surface area contributed by atoms with Gasteiger partial charge in [0.05, 0.1) is 10.4 Å². The van der Waals surface area contributed by atoms with Gasteiger partial charge in [0.2, 0.25) is 0 Å². The van der Waals surface area contributed by atoms with Crippen LogP contribution in [0.4, 0.5) is 4.39 Å². The predicted molar refractivity (Wildman–Crippen MR) is 76.9 cm³/mol. The van der Waals surface area contributed by atoms with Gasteiger partial charge in [-0.3, -0.25) is 9.59 Å². The number of carbonyl (C=O) groups excluding carboxylic acids is 1. The van der Waals surface area contributed by atoms with Crippen molar-refractivity contribution in [2.75, 3.05) is 13.1 Å². The summed E-state index contributed by atoms with van der Waals surface area (Å²) < 4.78 is 13.5. The third-order valence-electron chi connectivity index (χ3n) is 4.16. The number of likely N-dealkylation sites (tertiary alicyclic amines) is 1. The first-order valence-electron chi connectivity index (χ1n) is 6.87. The number of rotatable bonds is 3. The molecule has 0 spiro atoms. The largest absolute Gasteiger partial charge is 0.481 e. The predicted octanol–water partition coefficient (Wildman–Crippen LogP) is 3.20. The molecule has 1 aliphatic heterocycles. The molecule has 2 rings (SSSR count). The average Bonchev–Trinajstić information content (AvgIpc) is 2.49. The quantitative estimate of drug-likeness (QED) is 0.932. The third kappa shape index (κ3) is 3.02. The summed E-state index contributed by atoms with van der Waals surface area (Å²) in [4.78, 5) is 25.4. The van der Waals surface area contributed by atoms with Crippen molar-refractivity contribution in [1.82, 2.24) is 4.90 Å². The normalized spacial score (nSPS) is 22.1. The molecule has 21 heavy (non-hydrogen) atoms. The maximum absolute atomic E-state index is 13.5. The number of carboxylic acids is 1. The zero-order chi connectivity index (χ0) is 15.6. The zero-order valence-corrected chi connectivity index (χ0v) is 12.5. The van der Waals surface area contributed by atoms with Crippen LogP contribution in [0.1, 0.15) is 36.5 Å². The number of hydrogen-bond donors (Lipinski definition) is 1. The van der Waals surface area contributed by atoms with Crippen LogP contribution in [0.5, 0.6) is 0 Å². The number of halogens is 2. The van der Waals surface area contributed by atoms with E-state index in [2.05, 4.69) is 0 Å². The van der Waals surface area contributed by atoms with Crippen molar-refractivity contribution in [1.29, 1.82) is 0 Å². The molecular formula is C15H17ClFNO3. The van der Waals surface area contributed by atoms with Crippen LogP contribution in [0.25, 0.3) is 0 Å². The average molecular weight is 314 g/mol. The van der Waals surface area contributed by atoms with E-state index in [0.29, 0.717) is 25.8 Å². The summed E-state index contributed by atoms with van der Waals surface area (Å²) in [6, 6.07) is 3.88. The Hall–Kier alpha value is -1.62. The monoisotopic (exact) mass is 313 g/mol. The molecule has 1 saturated heterocycles. The Kier molecular flexibility index (Phi) is 4.52. The summed E-state index contributed by atoms with van der Waals surface area (Å²) in [5.74, 6) is -1.89. The van der Waals surface area contributed by atoms with Crippen molar-refractivity contribution in [3.63, 3.8) is 0 Å². The molecule has 1 aromatic carbocycles. The SMILES string of the molecule is CCC1(C(=O)O)CCCN(C(=O)c2ccc(Cl)c(F)c2)C1. The molecule has 1 aromatic rings. The van der Waals surface area contributed by atoms with E-state index in [1.165, 1.54) is 17.0 Å². The lowest BCUT2D eigenvalue weighted by molar-refractivity contribution is -0.152. The Labute approximate surface area is 127 Å². The van der Waals surface area contributed by atoms with Gasteiger partial charge in [-0.2, -0.15) is 0 Å².